The van der Waals surface area contributed by atoms with Gasteiger partial charge in [-0.1, -0.05) is 38.6 Å². The summed E-state index contributed by atoms with van der Waals surface area (Å²) in [6.07, 6.45) is 8.71. The van der Waals surface area contributed by atoms with Crippen molar-refractivity contribution in [2.45, 2.75) is 57.3 Å². The van der Waals surface area contributed by atoms with Crippen LogP contribution < -0.4 is 0 Å². The average molecular weight is 223 g/mol. The minimum atomic E-state index is -1.16. The minimum absolute atomic E-state index is 0.593. The smallest absolute Gasteiger partial charge is 0.0581 e. The van der Waals surface area contributed by atoms with E-state index in [2.05, 4.69) is 32.3 Å². The van der Waals surface area contributed by atoms with E-state index in [9.17, 15) is 0 Å². The van der Waals surface area contributed by atoms with E-state index in [1.165, 1.54) is 37.8 Å². The third-order valence-corrected chi connectivity index (χ3v) is 5.62. The summed E-state index contributed by atoms with van der Waals surface area (Å²) in [4.78, 5) is 4.80. The molecular formula is C13H25NSi. The Morgan fingerprint density at radius 1 is 1.20 bits per heavy atom. The molecule has 0 bridgehead atoms. The molecule has 0 amide bonds. The predicted molar refractivity (Wildman–Crippen MR) is 72.7 cm³/mol. The van der Waals surface area contributed by atoms with Gasteiger partial charge in [-0.2, -0.15) is 0 Å². The molecule has 86 valence electrons. The molecule has 0 aliphatic carbocycles. The molecule has 1 unspecified atom stereocenters. The Morgan fingerprint density at radius 2 is 1.87 bits per heavy atom. The second-order valence-electron chi connectivity index (χ2n) is 5.62. The van der Waals surface area contributed by atoms with Gasteiger partial charge in [0.2, 0.25) is 0 Å². The molecule has 15 heavy (non-hydrogen) atoms. The van der Waals surface area contributed by atoms with Crippen molar-refractivity contribution in [2.24, 2.45) is 4.99 Å². The van der Waals surface area contributed by atoms with E-state index in [0.717, 1.165) is 6.54 Å². The summed E-state index contributed by atoms with van der Waals surface area (Å²) in [6.45, 7) is 12.3. The Hall–Kier alpha value is -0.373. The normalized spacial score (nSPS) is 21.1. The maximum Gasteiger partial charge on any atom is 0.0581 e. The Kier molecular flexibility index (Phi) is 4.77. The van der Waals surface area contributed by atoms with Crippen molar-refractivity contribution in [1.82, 2.24) is 0 Å². The van der Waals surface area contributed by atoms with E-state index in [1.54, 1.807) is 0 Å². The van der Waals surface area contributed by atoms with Crippen molar-refractivity contribution >= 4 is 13.8 Å². The van der Waals surface area contributed by atoms with E-state index in [-0.39, 0.29) is 0 Å². The van der Waals surface area contributed by atoms with Crippen molar-refractivity contribution < 1.29 is 0 Å². The third kappa shape index (κ3) is 3.94. The van der Waals surface area contributed by atoms with E-state index in [0.29, 0.717) is 5.54 Å². The van der Waals surface area contributed by atoms with Gasteiger partial charge in [-0.3, -0.25) is 4.99 Å². The molecule has 0 aromatic carbocycles. The van der Waals surface area contributed by atoms with Gasteiger partial charge in [-0.05, 0) is 19.3 Å². The Bertz CT molecular complexity index is 237. The highest BCUT2D eigenvalue weighted by molar-refractivity contribution is 6.81. The molecule has 0 radical (unpaired) electrons. The zero-order chi connectivity index (χ0) is 11.3. The van der Waals surface area contributed by atoms with Gasteiger partial charge in [0, 0.05) is 17.8 Å². The lowest BCUT2D eigenvalue weighted by atomic mass is 10.0. The summed E-state index contributed by atoms with van der Waals surface area (Å²) in [5.41, 5.74) is 2.04. The van der Waals surface area contributed by atoms with Crippen LogP contribution in [0.1, 0.15) is 32.1 Å². The number of rotatable bonds is 3. The third-order valence-electron chi connectivity index (χ3n) is 3.18. The lowest BCUT2D eigenvalue weighted by molar-refractivity contribution is 0.641. The Morgan fingerprint density at radius 3 is 2.47 bits per heavy atom. The molecule has 1 rings (SSSR count). The predicted octanol–water partition coefficient (Wildman–Crippen LogP) is 4.29. The van der Waals surface area contributed by atoms with Crippen LogP contribution in [0, 0.1) is 0 Å². The van der Waals surface area contributed by atoms with Crippen molar-refractivity contribution in [2.75, 3.05) is 6.54 Å². The fraction of sp³-hybridized carbons (Fsp3) is 0.769. The van der Waals surface area contributed by atoms with Crippen molar-refractivity contribution in [3.05, 3.63) is 12.7 Å². The first-order valence-corrected chi connectivity index (χ1v) is 9.79. The first-order valence-electron chi connectivity index (χ1n) is 6.21. The number of hydrogen-bond acceptors (Lipinski definition) is 1. The van der Waals surface area contributed by atoms with Gasteiger partial charge in [0.05, 0.1) is 8.07 Å². The van der Waals surface area contributed by atoms with Crippen LogP contribution in [0.3, 0.4) is 0 Å². The van der Waals surface area contributed by atoms with Crippen LogP contribution in [-0.4, -0.2) is 20.3 Å². The highest BCUT2D eigenvalue weighted by Gasteiger charge is 2.28. The van der Waals surface area contributed by atoms with Gasteiger partial charge in [0.1, 0.15) is 0 Å². The molecule has 0 aromatic heterocycles. The number of hydrogen-bond donors (Lipinski definition) is 0. The number of allylic oxidation sites excluding steroid dienone is 1. The molecule has 2 heteroatoms. The highest BCUT2D eigenvalue weighted by Crippen LogP contribution is 2.28. The molecule has 0 saturated heterocycles. The summed E-state index contributed by atoms with van der Waals surface area (Å²) in [5, 5.41) is 0. The van der Waals surface area contributed by atoms with Crippen molar-refractivity contribution in [3.8, 4) is 0 Å². The van der Waals surface area contributed by atoms with Crippen LogP contribution in [0.5, 0.6) is 0 Å². The molecule has 0 aromatic rings. The highest BCUT2D eigenvalue weighted by atomic mass is 28.3. The first-order chi connectivity index (χ1) is 7.05. The lowest BCUT2D eigenvalue weighted by Crippen LogP contribution is -2.32. The van der Waals surface area contributed by atoms with E-state index < -0.39 is 8.07 Å². The molecule has 1 heterocycles. The Labute approximate surface area is 95.7 Å². The van der Waals surface area contributed by atoms with E-state index in [4.69, 9.17) is 4.99 Å². The summed E-state index contributed by atoms with van der Waals surface area (Å²) < 4.78 is 0. The molecule has 1 atom stereocenters. The van der Waals surface area contributed by atoms with Crippen molar-refractivity contribution in [3.63, 3.8) is 0 Å². The number of aliphatic imine (C=N–C) groups is 1. The van der Waals surface area contributed by atoms with Gasteiger partial charge in [0.25, 0.3) is 0 Å². The van der Waals surface area contributed by atoms with Crippen LogP contribution in [0.15, 0.2) is 17.6 Å². The molecule has 0 spiro atoms. The van der Waals surface area contributed by atoms with Gasteiger partial charge < -0.3 is 0 Å². The average Bonchev–Trinajstić information content (AvgIpc) is 2.07. The molecular weight excluding hydrogens is 198 g/mol. The van der Waals surface area contributed by atoms with Gasteiger partial charge in [-0.25, -0.2) is 0 Å². The molecule has 1 aliphatic rings. The van der Waals surface area contributed by atoms with E-state index in [1.807, 2.05) is 0 Å². The maximum atomic E-state index is 4.80. The largest absolute Gasteiger partial charge is 0.294 e. The molecule has 0 N–H and O–H groups in total. The summed E-state index contributed by atoms with van der Waals surface area (Å²) in [6, 6.07) is 0. The van der Waals surface area contributed by atoms with Crippen LogP contribution in [-0.2, 0) is 0 Å². The summed E-state index contributed by atoms with van der Waals surface area (Å²) >= 11 is 0. The summed E-state index contributed by atoms with van der Waals surface area (Å²) in [7, 11) is -1.16. The second kappa shape index (κ2) is 5.64. The van der Waals surface area contributed by atoms with Gasteiger partial charge in [-0.15, -0.1) is 6.58 Å². The lowest BCUT2D eigenvalue weighted by Gasteiger charge is -2.28. The number of nitrogens with zero attached hydrogens (tertiary/aromatic N) is 1. The van der Waals surface area contributed by atoms with Crippen LogP contribution in [0.25, 0.3) is 0 Å². The van der Waals surface area contributed by atoms with E-state index >= 15 is 0 Å². The van der Waals surface area contributed by atoms with Crippen LogP contribution >= 0.6 is 0 Å². The molecule has 1 aliphatic heterocycles. The standard InChI is InChI=1S/C13H25NSi/c1-5-13(15(2,3)4)12-10-8-6-7-9-11-14-12/h5,13H,1,6-11H2,2-4H3. The molecule has 1 nitrogen and oxygen atoms in total. The fourth-order valence-corrected chi connectivity index (χ4v) is 4.26. The second-order valence-corrected chi connectivity index (χ2v) is 11.0. The Balaban J connectivity index is 2.76. The molecule has 0 saturated carbocycles. The summed E-state index contributed by atoms with van der Waals surface area (Å²) in [5.74, 6) is 0. The topological polar surface area (TPSA) is 12.4 Å². The zero-order valence-corrected chi connectivity index (χ0v) is 11.6. The van der Waals surface area contributed by atoms with Gasteiger partial charge in [0.15, 0.2) is 0 Å². The van der Waals surface area contributed by atoms with Crippen LogP contribution in [0.2, 0.25) is 25.2 Å². The molecule has 0 fully saturated rings. The minimum Gasteiger partial charge on any atom is -0.294 e. The fourth-order valence-electron chi connectivity index (χ4n) is 2.32. The SMILES string of the molecule is C=CC(C1=NCCCCCC1)[Si](C)(C)C. The monoisotopic (exact) mass is 223 g/mol. The maximum absolute atomic E-state index is 4.80. The zero-order valence-electron chi connectivity index (χ0n) is 10.6. The first kappa shape index (κ1) is 12.7. The van der Waals surface area contributed by atoms with Crippen LogP contribution in [0.4, 0.5) is 0 Å². The van der Waals surface area contributed by atoms with Crippen molar-refractivity contribution in [1.29, 1.82) is 0 Å². The van der Waals surface area contributed by atoms with Gasteiger partial charge >= 0.3 is 0 Å². The quantitative estimate of drug-likeness (QED) is 0.500.